The Morgan fingerprint density at radius 3 is 2.48 bits per heavy atom. The van der Waals surface area contributed by atoms with Crippen LogP contribution in [-0.2, 0) is 14.3 Å². The van der Waals surface area contributed by atoms with Crippen LogP contribution in [0, 0.1) is 5.92 Å². The largest absolute Gasteiger partial charge is 0.494 e. The van der Waals surface area contributed by atoms with Gasteiger partial charge in [-0.1, -0.05) is 44.9 Å². The fourth-order valence-corrected chi connectivity index (χ4v) is 2.57. The van der Waals surface area contributed by atoms with Crippen molar-refractivity contribution in [3.63, 3.8) is 0 Å². The van der Waals surface area contributed by atoms with E-state index >= 15 is 0 Å². The number of amides is 1. The van der Waals surface area contributed by atoms with Gasteiger partial charge in [0.1, 0.15) is 5.75 Å². The molecule has 140 valence electrons. The van der Waals surface area contributed by atoms with E-state index in [1.165, 1.54) is 7.11 Å². The van der Waals surface area contributed by atoms with Crippen LogP contribution in [0.15, 0.2) is 30.3 Å². The molecule has 0 radical (unpaired) electrons. The van der Waals surface area contributed by atoms with Gasteiger partial charge in [-0.25, -0.2) is 0 Å². The fraction of sp³-hybridized carbons (Fsp3) is 0.600. The summed E-state index contributed by atoms with van der Waals surface area (Å²) in [4.78, 5) is 25.9. The number of hydrogen-bond donors (Lipinski definition) is 0. The second kappa shape index (κ2) is 12.3. The van der Waals surface area contributed by atoms with Gasteiger partial charge in [0.2, 0.25) is 5.91 Å². The van der Waals surface area contributed by atoms with Gasteiger partial charge in [0.25, 0.3) is 0 Å². The molecule has 1 atom stereocenters. The van der Waals surface area contributed by atoms with Crippen LogP contribution in [0.1, 0.15) is 46.0 Å². The van der Waals surface area contributed by atoms with Gasteiger partial charge in [-0.2, -0.15) is 0 Å². The third kappa shape index (κ3) is 8.57. The lowest BCUT2D eigenvalue weighted by Gasteiger charge is -2.25. The zero-order chi connectivity index (χ0) is 18.5. The molecule has 1 amide bonds. The first-order chi connectivity index (χ1) is 12.1. The predicted octanol–water partition coefficient (Wildman–Crippen LogP) is 3.67. The molecule has 0 spiro atoms. The summed E-state index contributed by atoms with van der Waals surface area (Å²) in [7, 11) is 1.38. The minimum absolute atomic E-state index is 0.0727. The van der Waals surface area contributed by atoms with Crippen molar-refractivity contribution in [1.82, 2.24) is 4.90 Å². The number of methoxy groups -OCH3 is 1. The second-order valence-corrected chi connectivity index (χ2v) is 6.24. The molecule has 0 N–H and O–H groups in total. The average molecular weight is 349 g/mol. The standard InChI is InChI=1S/C20H31NO4/c1-4-5-9-14-21(16-17(2)20(23)24-3)19(22)13-10-15-25-18-11-7-6-8-12-18/h6-8,11-12,17H,4-5,9-10,13-16H2,1-3H3. The van der Waals surface area contributed by atoms with Crippen LogP contribution >= 0.6 is 0 Å². The van der Waals surface area contributed by atoms with Crippen LogP contribution in [0.5, 0.6) is 5.75 Å². The molecule has 5 heteroatoms. The second-order valence-electron chi connectivity index (χ2n) is 6.24. The molecule has 5 nitrogen and oxygen atoms in total. The highest BCUT2D eigenvalue weighted by Gasteiger charge is 2.21. The van der Waals surface area contributed by atoms with E-state index in [0.717, 1.165) is 25.0 Å². The van der Waals surface area contributed by atoms with Crippen molar-refractivity contribution in [3.05, 3.63) is 30.3 Å². The summed E-state index contributed by atoms with van der Waals surface area (Å²) in [5.41, 5.74) is 0. The van der Waals surface area contributed by atoms with E-state index in [1.54, 1.807) is 11.8 Å². The number of nitrogens with zero attached hydrogens (tertiary/aromatic N) is 1. The lowest BCUT2D eigenvalue weighted by molar-refractivity contribution is -0.146. The SMILES string of the molecule is CCCCCN(CC(C)C(=O)OC)C(=O)CCCOc1ccccc1. The van der Waals surface area contributed by atoms with Crippen LogP contribution in [0.3, 0.4) is 0 Å². The number of carbonyl (C=O) groups excluding carboxylic acids is 2. The van der Waals surface area contributed by atoms with Gasteiger partial charge in [-0.05, 0) is 25.0 Å². The van der Waals surface area contributed by atoms with Crippen LogP contribution in [0.2, 0.25) is 0 Å². The molecular weight excluding hydrogens is 318 g/mol. The molecule has 0 aliphatic carbocycles. The number of esters is 1. The van der Waals surface area contributed by atoms with Gasteiger partial charge >= 0.3 is 5.97 Å². The summed E-state index contributed by atoms with van der Waals surface area (Å²) in [6.45, 7) is 5.53. The summed E-state index contributed by atoms with van der Waals surface area (Å²) in [5.74, 6) is 0.300. The third-order valence-electron chi connectivity index (χ3n) is 4.03. The van der Waals surface area contributed by atoms with Crippen molar-refractivity contribution in [2.45, 2.75) is 46.0 Å². The highest BCUT2D eigenvalue weighted by atomic mass is 16.5. The first kappa shape index (κ1) is 21.0. The zero-order valence-electron chi connectivity index (χ0n) is 15.7. The van der Waals surface area contributed by atoms with Crippen molar-refractivity contribution < 1.29 is 19.1 Å². The van der Waals surface area contributed by atoms with Crippen LogP contribution in [0.4, 0.5) is 0 Å². The Kier molecular flexibility index (Phi) is 10.4. The Morgan fingerprint density at radius 1 is 1.12 bits per heavy atom. The maximum atomic E-state index is 12.5. The molecule has 25 heavy (non-hydrogen) atoms. The molecule has 0 aromatic heterocycles. The molecule has 1 aromatic carbocycles. The molecule has 0 fully saturated rings. The number of hydrogen-bond acceptors (Lipinski definition) is 4. The summed E-state index contributed by atoms with van der Waals surface area (Å²) >= 11 is 0. The van der Waals surface area contributed by atoms with Gasteiger partial charge in [-0.3, -0.25) is 9.59 Å². The van der Waals surface area contributed by atoms with Crippen molar-refractivity contribution in [2.75, 3.05) is 26.8 Å². The average Bonchev–Trinajstić information content (AvgIpc) is 2.64. The van der Waals surface area contributed by atoms with E-state index in [4.69, 9.17) is 9.47 Å². The topological polar surface area (TPSA) is 55.8 Å². The van der Waals surface area contributed by atoms with Crippen molar-refractivity contribution in [2.24, 2.45) is 5.92 Å². The maximum Gasteiger partial charge on any atom is 0.310 e. The molecule has 1 unspecified atom stereocenters. The van der Waals surface area contributed by atoms with E-state index in [1.807, 2.05) is 30.3 Å². The van der Waals surface area contributed by atoms with E-state index in [-0.39, 0.29) is 17.8 Å². The number of benzene rings is 1. The lowest BCUT2D eigenvalue weighted by Crippen LogP contribution is -2.38. The Labute approximate surface area is 151 Å². The minimum atomic E-state index is -0.309. The van der Waals surface area contributed by atoms with E-state index in [0.29, 0.717) is 32.5 Å². The number of para-hydroxylation sites is 1. The van der Waals surface area contributed by atoms with Crippen LogP contribution in [0.25, 0.3) is 0 Å². The molecular formula is C20H31NO4. The van der Waals surface area contributed by atoms with E-state index in [2.05, 4.69) is 6.92 Å². The molecule has 1 aromatic rings. The smallest absolute Gasteiger partial charge is 0.310 e. The van der Waals surface area contributed by atoms with Gasteiger partial charge in [-0.15, -0.1) is 0 Å². The first-order valence-corrected chi connectivity index (χ1v) is 9.12. The number of ether oxygens (including phenoxy) is 2. The van der Waals surface area contributed by atoms with Gasteiger partial charge < -0.3 is 14.4 Å². The summed E-state index contributed by atoms with van der Waals surface area (Å²) < 4.78 is 10.4. The zero-order valence-corrected chi connectivity index (χ0v) is 15.7. The quantitative estimate of drug-likeness (QED) is 0.427. The predicted molar refractivity (Wildman–Crippen MR) is 98.5 cm³/mol. The van der Waals surface area contributed by atoms with Crippen LogP contribution in [-0.4, -0.2) is 43.6 Å². The number of unbranched alkanes of at least 4 members (excludes halogenated alkanes) is 2. The molecule has 0 saturated carbocycles. The van der Waals surface area contributed by atoms with Crippen LogP contribution < -0.4 is 4.74 Å². The monoisotopic (exact) mass is 349 g/mol. The molecule has 0 bridgehead atoms. The maximum absolute atomic E-state index is 12.5. The molecule has 0 aliphatic rings. The van der Waals surface area contributed by atoms with E-state index in [9.17, 15) is 9.59 Å². The summed E-state index contributed by atoms with van der Waals surface area (Å²) in [6.07, 6.45) is 4.21. The number of rotatable bonds is 12. The highest BCUT2D eigenvalue weighted by molar-refractivity contribution is 5.78. The summed E-state index contributed by atoms with van der Waals surface area (Å²) in [6, 6.07) is 9.58. The summed E-state index contributed by atoms with van der Waals surface area (Å²) in [5, 5.41) is 0. The Bertz CT molecular complexity index is 504. The highest BCUT2D eigenvalue weighted by Crippen LogP contribution is 2.11. The minimum Gasteiger partial charge on any atom is -0.494 e. The lowest BCUT2D eigenvalue weighted by atomic mass is 10.1. The molecule has 0 saturated heterocycles. The Balaban J connectivity index is 2.43. The van der Waals surface area contributed by atoms with Gasteiger partial charge in [0.05, 0.1) is 19.6 Å². The van der Waals surface area contributed by atoms with Gasteiger partial charge in [0.15, 0.2) is 0 Å². The van der Waals surface area contributed by atoms with Crippen molar-refractivity contribution in [1.29, 1.82) is 0 Å². The van der Waals surface area contributed by atoms with Crippen molar-refractivity contribution in [3.8, 4) is 5.75 Å². The first-order valence-electron chi connectivity index (χ1n) is 9.12. The normalized spacial score (nSPS) is 11.6. The van der Waals surface area contributed by atoms with Crippen molar-refractivity contribution >= 4 is 11.9 Å². The Morgan fingerprint density at radius 2 is 1.84 bits per heavy atom. The molecule has 1 rings (SSSR count). The Hall–Kier alpha value is -2.04. The third-order valence-corrected chi connectivity index (χ3v) is 4.03. The van der Waals surface area contributed by atoms with E-state index < -0.39 is 0 Å². The van der Waals surface area contributed by atoms with Gasteiger partial charge in [0, 0.05) is 19.5 Å². The fourth-order valence-electron chi connectivity index (χ4n) is 2.57. The number of carbonyl (C=O) groups is 2. The molecule has 0 aliphatic heterocycles. The molecule has 0 heterocycles.